The molecular weight excluding hydrogens is 370 g/mol. The molecular formula is C15H22ClN3O5S. The molecule has 0 atom stereocenters. The average molecular weight is 392 g/mol. The number of nitrogens with zero attached hydrogens (tertiary/aromatic N) is 1. The van der Waals surface area contributed by atoms with Crippen LogP contribution in [0.25, 0.3) is 0 Å². The van der Waals surface area contributed by atoms with Gasteiger partial charge in [0.05, 0.1) is 18.7 Å². The number of methoxy groups -OCH3 is 1. The van der Waals surface area contributed by atoms with Crippen LogP contribution in [0.1, 0.15) is 27.1 Å². The summed E-state index contributed by atoms with van der Waals surface area (Å²) in [6, 6.07) is 4.09. The van der Waals surface area contributed by atoms with Crippen molar-refractivity contribution in [2.24, 2.45) is 0 Å². The van der Waals surface area contributed by atoms with Gasteiger partial charge in [-0.3, -0.25) is 9.59 Å². The van der Waals surface area contributed by atoms with Crippen LogP contribution in [0.2, 0.25) is 0 Å². The van der Waals surface area contributed by atoms with Gasteiger partial charge in [0.1, 0.15) is 4.90 Å². The van der Waals surface area contributed by atoms with Gasteiger partial charge in [-0.1, -0.05) is 0 Å². The highest BCUT2D eigenvalue weighted by Crippen LogP contribution is 2.30. The van der Waals surface area contributed by atoms with Crippen molar-refractivity contribution in [1.29, 1.82) is 0 Å². The Balaban J connectivity index is 0.00000312. The Kier molecular flexibility index (Phi) is 7.81. The number of nitrogens with one attached hydrogen (secondary N) is 2. The van der Waals surface area contributed by atoms with Crippen LogP contribution in [0.5, 0.6) is 0 Å². The highest BCUT2D eigenvalue weighted by atomic mass is 35.5. The smallest absolute Gasteiger partial charge is 0.269 e. The van der Waals surface area contributed by atoms with Crippen molar-refractivity contribution < 1.29 is 22.7 Å². The minimum absolute atomic E-state index is 0. The summed E-state index contributed by atoms with van der Waals surface area (Å²) in [5, 5.41) is 5.69. The van der Waals surface area contributed by atoms with Crippen LogP contribution in [0.3, 0.4) is 0 Å². The largest absolute Gasteiger partial charge is 0.383 e. The first-order valence-electron chi connectivity index (χ1n) is 7.56. The summed E-state index contributed by atoms with van der Waals surface area (Å²) in [6.07, 6.45) is 0.759. The Morgan fingerprint density at radius 2 is 2.00 bits per heavy atom. The van der Waals surface area contributed by atoms with E-state index in [9.17, 15) is 18.0 Å². The first-order valence-corrected chi connectivity index (χ1v) is 9.00. The van der Waals surface area contributed by atoms with Gasteiger partial charge in [0, 0.05) is 19.2 Å². The monoisotopic (exact) mass is 391 g/mol. The highest BCUT2D eigenvalue weighted by Gasteiger charge is 2.41. The van der Waals surface area contributed by atoms with Gasteiger partial charge in [-0.25, -0.2) is 12.7 Å². The van der Waals surface area contributed by atoms with Crippen LogP contribution in [0.15, 0.2) is 23.1 Å². The average Bonchev–Trinajstić information content (AvgIpc) is 2.76. The number of amides is 2. The van der Waals surface area contributed by atoms with E-state index in [1.807, 2.05) is 7.05 Å². The minimum Gasteiger partial charge on any atom is -0.383 e. The first kappa shape index (κ1) is 21.4. The Bertz CT molecular complexity index is 739. The molecule has 1 aliphatic heterocycles. The summed E-state index contributed by atoms with van der Waals surface area (Å²) in [5.74, 6) is -0.963. The van der Waals surface area contributed by atoms with E-state index in [1.165, 1.54) is 25.3 Å². The molecule has 0 spiro atoms. The standard InChI is InChI=1S/C15H21N3O5S.ClH/c1-16-6-3-7-17-14(19)11-4-5-12-13(10-11)24(21,22)18(15(12)20)8-9-23-2;/h4-5,10,16H,3,6-9H2,1-2H3,(H,17,19);1H. The topological polar surface area (TPSA) is 105 Å². The van der Waals surface area contributed by atoms with Crippen molar-refractivity contribution in [3.63, 3.8) is 0 Å². The molecule has 1 aromatic carbocycles. The Labute approximate surface area is 153 Å². The van der Waals surface area contributed by atoms with E-state index < -0.39 is 15.9 Å². The van der Waals surface area contributed by atoms with E-state index >= 15 is 0 Å². The SMILES string of the molecule is CNCCCNC(=O)c1ccc2c(c1)S(=O)(=O)N(CCOC)C2=O.Cl. The zero-order chi connectivity index (χ0) is 17.7. The van der Waals surface area contributed by atoms with Gasteiger partial charge in [-0.2, -0.15) is 0 Å². The third-order valence-electron chi connectivity index (χ3n) is 3.66. The van der Waals surface area contributed by atoms with Crippen molar-refractivity contribution in [3.05, 3.63) is 29.3 Å². The van der Waals surface area contributed by atoms with Gasteiger partial charge in [0.25, 0.3) is 21.8 Å². The fourth-order valence-corrected chi connectivity index (χ4v) is 3.96. The van der Waals surface area contributed by atoms with Crippen LogP contribution in [-0.2, 0) is 14.8 Å². The number of fused-ring (bicyclic) bond motifs is 1. The molecule has 1 heterocycles. The molecule has 0 saturated heterocycles. The molecule has 25 heavy (non-hydrogen) atoms. The van der Waals surface area contributed by atoms with Crippen molar-refractivity contribution in [3.8, 4) is 0 Å². The van der Waals surface area contributed by atoms with Crippen LogP contribution in [-0.4, -0.2) is 64.9 Å². The zero-order valence-electron chi connectivity index (χ0n) is 14.1. The number of rotatable bonds is 8. The molecule has 1 aromatic rings. The minimum atomic E-state index is -3.94. The quantitative estimate of drug-likeness (QED) is 0.615. The summed E-state index contributed by atoms with van der Waals surface area (Å²) in [4.78, 5) is 24.2. The Morgan fingerprint density at radius 1 is 1.28 bits per heavy atom. The van der Waals surface area contributed by atoms with Crippen LogP contribution < -0.4 is 10.6 Å². The molecule has 0 aliphatic carbocycles. The van der Waals surface area contributed by atoms with E-state index in [0.29, 0.717) is 6.54 Å². The molecule has 2 N–H and O–H groups in total. The number of hydrogen-bond donors (Lipinski definition) is 2. The molecule has 0 bridgehead atoms. The number of hydrogen-bond acceptors (Lipinski definition) is 6. The predicted molar refractivity (Wildman–Crippen MR) is 94.7 cm³/mol. The fourth-order valence-electron chi connectivity index (χ4n) is 2.38. The molecule has 0 radical (unpaired) electrons. The van der Waals surface area contributed by atoms with Crippen molar-refractivity contribution in [2.45, 2.75) is 11.3 Å². The van der Waals surface area contributed by atoms with Gasteiger partial charge in [0.2, 0.25) is 0 Å². The number of carbonyl (C=O) groups excluding carboxylic acids is 2. The molecule has 2 amide bonds. The maximum Gasteiger partial charge on any atom is 0.269 e. The normalized spacial score (nSPS) is 14.8. The van der Waals surface area contributed by atoms with Crippen LogP contribution in [0.4, 0.5) is 0 Å². The lowest BCUT2D eigenvalue weighted by Gasteiger charge is -2.13. The zero-order valence-corrected chi connectivity index (χ0v) is 15.7. The van der Waals surface area contributed by atoms with Crippen molar-refractivity contribution in [2.75, 3.05) is 40.4 Å². The molecule has 0 fully saturated rings. The van der Waals surface area contributed by atoms with E-state index in [-0.39, 0.29) is 47.5 Å². The second kappa shape index (κ2) is 9.14. The second-order valence-electron chi connectivity index (χ2n) is 5.30. The molecule has 1 aliphatic rings. The first-order chi connectivity index (χ1) is 11.4. The maximum atomic E-state index is 12.5. The Morgan fingerprint density at radius 3 is 2.64 bits per heavy atom. The van der Waals surface area contributed by atoms with Crippen LogP contribution >= 0.6 is 12.4 Å². The van der Waals surface area contributed by atoms with E-state index in [1.54, 1.807) is 0 Å². The molecule has 2 rings (SSSR count). The summed E-state index contributed by atoms with van der Waals surface area (Å²) in [6.45, 7) is 1.29. The molecule has 0 aromatic heterocycles. The van der Waals surface area contributed by atoms with Gasteiger partial charge < -0.3 is 15.4 Å². The number of sulfonamides is 1. The molecule has 0 saturated carbocycles. The second-order valence-corrected chi connectivity index (χ2v) is 7.13. The summed E-state index contributed by atoms with van der Waals surface area (Å²) >= 11 is 0. The number of ether oxygens (including phenoxy) is 1. The lowest BCUT2D eigenvalue weighted by atomic mass is 10.1. The van der Waals surface area contributed by atoms with E-state index in [4.69, 9.17) is 4.74 Å². The van der Waals surface area contributed by atoms with Crippen LogP contribution in [0, 0.1) is 0 Å². The lowest BCUT2D eigenvalue weighted by Crippen LogP contribution is -2.33. The molecule has 10 heteroatoms. The van der Waals surface area contributed by atoms with E-state index in [2.05, 4.69) is 10.6 Å². The maximum absolute atomic E-state index is 12.5. The third-order valence-corrected chi connectivity index (χ3v) is 5.48. The number of carbonyl (C=O) groups is 2. The third kappa shape index (κ3) is 4.49. The predicted octanol–water partition coefficient (Wildman–Crippen LogP) is 0.239. The van der Waals surface area contributed by atoms with Gasteiger partial charge in [-0.05, 0) is 38.2 Å². The van der Waals surface area contributed by atoms with Crippen molar-refractivity contribution in [1.82, 2.24) is 14.9 Å². The Hall–Kier alpha value is -1.68. The highest BCUT2D eigenvalue weighted by molar-refractivity contribution is 7.90. The summed E-state index contributed by atoms with van der Waals surface area (Å²) < 4.78 is 30.6. The molecule has 0 unspecified atom stereocenters. The fraction of sp³-hybridized carbons (Fsp3) is 0.467. The van der Waals surface area contributed by atoms with E-state index in [0.717, 1.165) is 17.3 Å². The van der Waals surface area contributed by atoms with Gasteiger partial charge in [-0.15, -0.1) is 12.4 Å². The molecule has 140 valence electrons. The number of halogens is 1. The lowest BCUT2D eigenvalue weighted by molar-refractivity contribution is 0.0835. The summed E-state index contributed by atoms with van der Waals surface area (Å²) in [7, 11) is -0.693. The number of benzene rings is 1. The van der Waals surface area contributed by atoms with Crippen molar-refractivity contribution >= 4 is 34.2 Å². The van der Waals surface area contributed by atoms with Gasteiger partial charge in [0.15, 0.2) is 0 Å². The molecule has 8 nitrogen and oxygen atoms in total. The van der Waals surface area contributed by atoms with Gasteiger partial charge >= 0.3 is 0 Å². The summed E-state index contributed by atoms with van der Waals surface area (Å²) in [5.41, 5.74) is 0.293.